The average Bonchev–Trinajstić information content (AvgIpc) is 3.40. The number of carbonyl (C=O) groups is 2. The summed E-state index contributed by atoms with van der Waals surface area (Å²) in [5.74, 6) is 1.70. The monoisotopic (exact) mass is 370 g/mol. The highest BCUT2D eigenvalue weighted by atomic mass is 16.2. The van der Waals surface area contributed by atoms with Crippen molar-refractivity contribution in [3.05, 3.63) is 23.9 Å². The van der Waals surface area contributed by atoms with Crippen molar-refractivity contribution in [2.24, 2.45) is 11.3 Å². The Kier molecular flexibility index (Phi) is 4.82. The van der Waals surface area contributed by atoms with Crippen molar-refractivity contribution >= 4 is 17.6 Å². The van der Waals surface area contributed by atoms with Gasteiger partial charge in [0.05, 0.1) is 0 Å². The summed E-state index contributed by atoms with van der Waals surface area (Å²) in [4.78, 5) is 33.5. The molecule has 1 saturated carbocycles. The van der Waals surface area contributed by atoms with Crippen LogP contribution >= 0.6 is 0 Å². The fraction of sp³-hybridized carbons (Fsp3) is 0.667. The number of hydrogen-bond acceptors (Lipinski definition) is 4. The van der Waals surface area contributed by atoms with E-state index in [0.717, 1.165) is 57.7 Å². The van der Waals surface area contributed by atoms with Gasteiger partial charge in [-0.15, -0.1) is 0 Å². The molecule has 1 spiro atoms. The maximum absolute atomic E-state index is 12.4. The number of aromatic nitrogens is 1. The summed E-state index contributed by atoms with van der Waals surface area (Å²) in [5.41, 5.74) is 0.815. The number of anilines is 1. The summed E-state index contributed by atoms with van der Waals surface area (Å²) in [6.45, 7) is 7.88. The highest BCUT2D eigenvalue weighted by Gasteiger charge is 2.45. The van der Waals surface area contributed by atoms with Crippen LogP contribution in [0.4, 0.5) is 5.82 Å². The number of rotatable bonds is 5. The lowest BCUT2D eigenvalue weighted by Crippen LogP contribution is -2.42. The summed E-state index contributed by atoms with van der Waals surface area (Å²) in [6.07, 6.45) is 6.60. The van der Waals surface area contributed by atoms with Gasteiger partial charge in [-0.3, -0.25) is 9.59 Å². The van der Waals surface area contributed by atoms with E-state index in [-0.39, 0.29) is 11.3 Å². The van der Waals surface area contributed by atoms with Crippen LogP contribution in [-0.4, -0.2) is 53.9 Å². The molecular weight excluding hydrogens is 340 g/mol. The van der Waals surface area contributed by atoms with Gasteiger partial charge in [0.15, 0.2) is 0 Å². The first-order chi connectivity index (χ1) is 12.9. The number of carbonyl (C=O) groups excluding carboxylic acids is 2. The molecule has 2 amide bonds. The quantitative estimate of drug-likeness (QED) is 0.865. The predicted octanol–water partition coefficient (Wildman–Crippen LogP) is 2.45. The van der Waals surface area contributed by atoms with Crippen LogP contribution in [0.1, 0.15) is 56.3 Å². The number of likely N-dealkylation sites (tertiary alicyclic amines) is 1. The van der Waals surface area contributed by atoms with Gasteiger partial charge in [0.2, 0.25) is 5.91 Å². The Hall–Kier alpha value is -2.11. The Labute approximate surface area is 161 Å². The molecule has 2 saturated heterocycles. The largest absolute Gasteiger partial charge is 0.357 e. The van der Waals surface area contributed by atoms with E-state index in [4.69, 9.17) is 0 Å². The molecule has 1 aliphatic carbocycles. The van der Waals surface area contributed by atoms with Gasteiger partial charge in [0.25, 0.3) is 5.91 Å². The minimum atomic E-state index is 0.000321. The minimum absolute atomic E-state index is 0.000321. The second-order valence-corrected chi connectivity index (χ2v) is 8.98. The molecule has 0 bridgehead atoms. The maximum Gasteiger partial charge on any atom is 0.251 e. The third-order valence-corrected chi connectivity index (χ3v) is 6.06. The molecule has 146 valence electrons. The Morgan fingerprint density at radius 1 is 1.33 bits per heavy atom. The average molecular weight is 370 g/mol. The summed E-state index contributed by atoms with van der Waals surface area (Å²) < 4.78 is 0. The van der Waals surface area contributed by atoms with Crippen LogP contribution in [0.5, 0.6) is 0 Å². The molecule has 27 heavy (non-hydrogen) atoms. The second-order valence-electron chi connectivity index (χ2n) is 8.98. The SMILES string of the molecule is CC(C)CN1CC2(CCN(c3cc(C(=O)NC4CC4)ccn3)CC2)CC1=O. The normalized spacial score (nSPS) is 22.0. The van der Waals surface area contributed by atoms with E-state index in [9.17, 15) is 9.59 Å². The van der Waals surface area contributed by atoms with Gasteiger partial charge in [-0.25, -0.2) is 4.98 Å². The standard InChI is InChI=1S/C21H30N4O2/c1-15(2)13-25-14-21(12-19(25)26)6-9-24(10-7-21)18-11-16(5-8-22-18)20(27)23-17-3-4-17/h5,8,11,15,17H,3-4,6-7,9-10,12-14H2,1-2H3,(H,23,27). The van der Waals surface area contributed by atoms with E-state index < -0.39 is 0 Å². The van der Waals surface area contributed by atoms with E-state index in [0.29, 0.717) is 29.9 Å². The lowest BCUT2D eigenvalue weighted by atomic mass is 9.77. The predicted molar refractivity (Wildman–Crippen MR) is 105 cm³/mol. The van der Waals surface area contributed by atoms with Crippen LogP contribution < -0.4 is 10.2 Å². The molecule has 0 radical (unpaired) electrons. The van der Waals surface area contributed by atoms with Crippen LogP contribution in [0.3, 0.4) is 0 Å². The Bertz CT molecular complexity index is 721. The van der Waals surface area contributed by atoms with Gasteiger partial charge >= 0.3 is 0 Å². The molecule has 0 unspecified atom stereocenters. The molecule has 6 heteroatoms. The summed E-state index contributed by atoms with van der Waals surface area (Å²) in [6, 6.07) is 4.05. The molecule has 6 nitrogen and oxygen atoms in total. The third-order valence-electron chi connectivity index (χ3n) is 6.06. The minimum Gasteiger partial charge on any atom is -0.357 e. The lowest BCUT2D eigenvalue weighted by Gasteiger charge is -2.39. The zero-order valence-electron chi connectivity index (χ0n) is 16.4. The van der Waals surface area contributed by atoms with E-state index in [1.165, 1.54) is 0 Å². The van der Waals surface area contributed by atoms with Crippen LogP contribution in [0.25, 0.3) is 0 Å². The van der Waals surface area contributed by atoms with Crippen LogP contribution in [0, 0.1) is 11.3 Å². The first-order valence-electron chi connectivity index (χ1n) is 10.2. The Morgan fingerprint density at radius 3 is 2.74 bits per heavy atom. The van der Waals surface area contributed by atoms with Crippen molar-refractivity contribution in [2.45, 2.75) is 52.0 Å². The molecule has 3 aliphatic rings. The van der Waals surface area contributed by atoms with E-state index in [2.05, 4.69) is 33.9 Å². The summed E-state index contributed by atoms with van der Waals surface area (Å²) in [7, 11) is 0. The number of amides is 2. The Morgan fingerprint density at radius 2 is 2.07 bits per heavy atom. The molecule has 1 N–H and O–H groups in total. The van der Waals surface area contributed by atoms with Crippen molar-refractivity contribution in [1.29, 1.82) is 0 Å². The molecular formula is C21H30N4O2. The third kappa shape index (κ3) is 4.09. The smallest absolute Gasteiger partial charge is 0.251 e. The van der Waals surface area contributed by atoms with Gasteiger partial charge in [0, 0.05) is 55.8 Å². The topological polar surface area (TPSA) is 65.5 Å². The lowest BCUT2D eigenvalue weighted by molar-refractivity contribution is -0.128. The first-order valence-corrected chi connectivity index (χ1v) is 10.2. The number of nitrogens with one attached hydrogen (secondary N) is 1. The van der Waals surface area contributed by atoms with E-state index >= 15 is 0 Å². The molecule has 1 aromatic rings. The van der Waals surface area contributed by atoms with Gasteiger partial charge < -0.3 is 15.1 Å². The molecule has 4 rings (SSSR count). The van der Waals surface area contributed by atoms with E-state index in [1.807, 2.05) is 6.07 Å². The molecule has 0 atom stereocenters. The van der Waals surface area contributed by atoms with Crippen molar-refractivity contribution in [3.63, 3.8) is 0 Å². The van der Waals surface area contributed by atoms with Crippen LogP contribution in [0.15, 0.2) is 18.3 Å². The molecule has 1 aromatic heterocycles. The fourth-order valence-electron chi connectivity index (χ4n) is 4.36. The molecule has 3 heterocycles. The Balaban J connectivity index is 1.38. The fourth-order valence-corrected chi connectivity index (χ4v) is 4.36. The molecule has 2 aliphatic heterocycles. The van der Waals surface area contributed by atoms with Crippen LogP contribution in [0.2, 0.25) is 0 Å². The van der Waals surface area contributed by atoms with Crippen LogP contribution in [-0.2, 0) is 4.79 Å². The highest BCUT2D eigenvalue weighted by molar-refractivity contribution is 5.95. The number of pyridine rings is 1. The zero-order valence-corrected chi connectivity index (χ0v) is 16.4. The van der Waals surface area contributed by atoms with Gasteiger partial charge in [-0.2, -0.15) is 0 Å². The second kappa shape index (κ2) is 7.13. The summed E-state index contributed by atoms with van der Waals surface area (Å²) in [5, 5.41) is 3.04. The number of piperidine rings is 1. The summed E-state index contributed by atoms with van der Waals surface area (Å²) >= 11 is 0. The number of nitrogens with zero attached hydrogens (tertiary/aromatic N) is 3. The van der Waals surface area contributed by atoms with Gasteiger partial charge in [-0.1, -0.05) is 13.8 Å². The van der Waals surface area contributed by atoms with Gasteiger partial charge in [0.1, 0.15) is 5.82 Å². The van der Waals surface area contributed by atoms with Crippen molar-refractivity contribution in [2.75, 3.05) is 31.1 Å². The zero-order chi connectivity index (χ0) is 19.0. The van der Waals surface area contributed by atoms with Crippen molar-refractivity contribution in [1.82, 2.24) is 15.2 Å². The number of hydrogen-bond donors (Lipinski definition) is 1. The van der Waals surface area contributed by atoms with Crippen molar-refractivity contribution < 1.29 is 9.59 Å². The van der Waals surface area contributed by atoms with Gasteiger partial charge in [-0.05, 0) is 43.7 Å². The van der Waals surface area contributed by atoms with E-state index in [1.54, 1.807) is 12.3 Å². The first kappa shape index (κ1) is 18.3. The molecule has 3 fully saturated rings. The molecule has 0 aromatic carbocycles. The highest BCUT2D eigenvalue weighted by Crippen LogP contribution is 2.41. The maximum atomic E-state index is 12.4. The van der Waals surface area contributed by atoms with Crippen molar-refractivity contribution in [3.8, 4) is 0 Å².